The molecule has 1 aliphatic rings. The Morgan fingerprint density at radius 2 is 1.19 bits per heavy atom. The van der Waals surface area contributed by atoms with Crippen LogP contribution in [-0.4, -0.2) is 6.61 Å². The molecule has 0 N–H and O–H groups in total. The summed E-state index contributed by atoms with van der Waals surface area (Å²) in [5.74, 6) is 9.33. The van der Waals surface area contributed by atoms with Crippen molar-refractivity contribution in [1.29, 1.82) is 0 Å². The molecular weight excluding hydrogens is 436 g/mol. The first-order chi connectivity index (χ1) is 17.7. The third-order valence-corrected chi connectivity index (χ3v) is 7.64. The van der Waals surface area contributed by atoms with Gasteiger partial charge in [0.2, 0.25) is 0 Å². The Labute approximate surface area is 219 Å². The molecule has 1 nitrogen and oxygen atoms in total. The maximum Gasteiger partial charge on any atom is 0.119 e. The first kappa shape index (κ1) is 26.1. The van der Waals surface area contributed by atoms with Gasteiger partial charge >= 0.3 is 0 Å². The standard InChI is InChI=1S/C35H42O/c1-3-5-7-27-36-35-25-23-34(24-26-35)33-21-15-30(16-22-33)10-9-29-13-19-32(20-14-29)31-17-11-28(12-18-31)8-6-4-2/h13-16,19-26,28,31H,3-8,11-12,17-18,27H2,1-2H3/t28-,31-. The minimum Gasteiger partial charge on any atom is -0.494 e. The minimum atomic E-state index is 0.735. The molecule has 188 valence electrons. The van der Waals surface area contributed by atoms with Crippen LogP contribution in [-0.2, 0) is 0 Å². The predicted octanol–water partition coefficient (Wildman–Crippen LogP) is 9.79. The predicted molar refractivity (Wildman–Crippen MR) is 154 cm³/mol. The second-order valence-corrected chi connectivity index (χ2v) is 10.4. The molecule has 3 aromatic carbocycles. The molecule has 0 bridgehead atoms. The lowest BCUT2D eigenvalue weighted by molar-refractivity contribution is 0.304. The van der Waals surface area contributed by atoms with Crippen LogP contribution < -0.4 is 4.74 Å². The van der Waals surface area contributed by atoms with E-state index < -0.39 is 0 Å². The number of ether oxygens (including phenoxy) is 1. The lowest BCUT2D eigenvalue weighted by Gasteiger charge is -2.28. The Balaban J connectivity index is 1.29. The SMILES string of the molecule is CCCCCOc1ccc(-c2ccc(C#Cc3ccc([C@H]4CC[C@H](CCCC)CC4)cc3)cc2)cc1. The number of benzene rings is 3. The van der Waals surface area contributed by atoms with E-state index in [0.717, 1.165) is 41.7 Å². The molecule has 1 saturated carbocycles. The fraction of sp³-hybridized carbons (Fsp3) is 0.429. The molecular formula is C35H42O. The summed E-state index contributed by atoms with van der Waals surface area (Å²) >= 11 is 0. The molecule has 0 amide bonds. The second kappa shape index (κ2) is 13.9. The fourth-order valence-electron chi connectivity index (χ4n) is 5.29. The molecule has 0 unspecified atom stereocenters. The van der Waals surface area contributed by atoms with Gasteiger partial charge in [-0.1, -0.05) is 94.2 Å². The highest BCUT2D eigenvalue weighted by molar-refractivity contribution is 5.65. The topological polar surface area (TPSA) is 9.23 Å². The van der Waals surface area contributed by atoms with Crippen molar-refractivity contribution >= 4 is 0 Å². The number of hydrogen-bond donors (Lipinski definition) is 0. The van der Waals surface area contributed by atoms with Gasteiger partial charge in [-0.2, -0.15) is 0 Å². The zero-order valence-electron chi connectivity index (χ0n) is 22.3. The zero-order chi connectivity index (χ0) is 25.0. The molecule has 1 fully saturated rings. The first-order valence-electron chi connectivity index (χ1n) is 14.2. The Morgan fingerprint density at radius 1 is 0.639 bits per heavy atom. The van der Waals surface area contributed by atoms with Gasteiger partial charge in [0, 0.05) is 11.1 Å². The van der Waals surface area contributed by atoms with Crippen LogP contribution in [0.4, 0.5) is 0 Å². The fourth-order valence-corrected chi connectivity index (χ4v) is 5.29. The summed E-state index contributed by atoms with van der Waals surface area (Å²) in [5.41, 5.74) is 6.03. The van der Waals surface area contributed by atoms with E-state index in [9.17, 15) is 0 Å². The number of unbranched alkanes of at least 4 members (excludes halogenated alkanes) is 3. The Hall–Kier alpha value is -2.98. The molecule has 1 heteroatoms. The summed E-state index contributed by atoms with van der Waals surface area (Å²) in [6, 6.07) is 26.0. The van der Waals surface area contributed by atoms with Gasteiger partial charge in [0.25, 0.3) is 0 Å². The summed E-state index contributed by atoms with van der Waals surface area (Å²) < 4.78 is 5.83. The van der Waals surface area contributed by atoms with Gasteiger partial charge in [-0.3, -0.25) is 0 Å². The second-order valence-electron chi connectivity index (χ2n) is 10.4. The molecule has 1 aliphatic carbocycles. The number of hydrogen-bond acceptors (Lipinski definition) is 1. The summed E-state index contributed by atoms with van der Waals surface area (Å²) in [4.78, 5) is 0. The van der Waals surface area contributed by atoms with Crippen molar-refractivity contribution in [3.63, 3.8) is 0 Å². The van der Waals surface area contributed by atoms with E-state index in [0.29, 0.717) is 0 Å². The van der Waals surface area contributed by atoms with Crippen LogP contribution in [0.5, 0.6) is 5.75 Å². The largest absolute Gasteiger partial charge is 0.494 e. The molecule has 36 heavy (non-hydrogen) atoms. The molecule has 4 rings (SSSR count). The van der Waals surface area contributed by atoms with Crippen molar-refractivity contribution in [2.75, 3.05) is 6.61 Å². The molecule has 0 heterocycles. The van der Waals surface area contributed by atoms with E-state index in [-0.39, 0.29) is 0 Å². The maximum atomic E-state index is 5.83. The molecule has 0 aliphatic heterocycles. The molecule has 0 radical (unpaired) electrons. The van der Waals surface area contributed by atoms with Gasteiger partial charge in [-0.15, -0.1) is 0 Å². The normalized spacial score (nSPS) is 17.3. The maximum absolute atomic E-state index is 5.83. The van der Waals surface area contributed by atoms with Crippen LogP contribution in [0.3, 0.4) is 0 Å². The highest BCUT2D eigenvalue weighted by Gasteiger charge is 2.21. The van der Waals surface area contributed by atoms with Crippen molar-refractivity contribution in [3.8, 4) is 28.7 Å². The van der Waals surface area contributed by atoms with Gasteiger partial charge in [0.15, 0.2) is 0 Å². The monoisotopic (exact) mass is 478 g/mol. The third kappa shape index (κ3) is 7.76. The van der Waals surface area contributed by atoms with Crippen LogP contribution in [0, 0.1) is 17.8 Å². The Morgan fingerprint density at radius 3 is 1.78 bits per heavy atom. The summed E-state index contributed by atoms with van der Waals surface area (Å²) in [6.45, 7) is 5.31. The average molecular weight is 479 g/mol. The van der Waals surface area contributed by atoms with Crippen LogP contribution in [0.15, 0.2) is 72.8 Å². The third-order valence-electron chi connectivity index (χ3n) is 7.64. The van der Waals surface area contributed by atoms with Gasteiger partial charge in [0.05, 0.1) is 6.61 Å². The van der Waals surface area contributed by atoms with E-state index in [4.69, 9.17) is 4.74 Å². The van der Waals surface area contributed by atoms with E-state index in [1.807, 2.05) is 0 Å². The number of rotatable bonds is 10. The zero-order valence-corrected chi connectivity index (χ0v) is 22.3. The molecule has 0 atom stereocenters. The smallest absolute Gasteiger partial charge is 0.119 e. The van der Waals surface area contributed by atoms with Crippen molar-refractivity contribution < 1.29 is 4.74 Å². The van der Waals surface area contributed by atoms with E-state index in [1.54, 1.807) is 0 Å². The van der Waals surface area contributed by atoms with Crippen LogP contribution in [0.1, 0.15) is 101 Å². The average Bonchev–Trinajstić information content (AvgIpc) is 2.94. The quantitative estimate of drug-likeness (QED) is 0.208. The van der Waals surface area contributed by atoms with Crippen LogP contribution in [0.2, 0.25) is 0 Å². The Bertz CT molecular complexity index is 1090. The van der Waals surface area contributed by atoms with Crippen molar-refractivity contribution in [3.05, 3.63) is 89.5 Å². The van der Waals surface area contributed by atoms with Crippen LogP contribution >= 0.6 is 0 Å². The highest BCUT2D eigenvalue weighted by atomic mass is 16.5. The van der Waals surface area contributed by atoms with Gasteiger partial charge in [-0.25, -0.2) is 0 Å². The van der Waals surface area contributed by atoms with Crippen LogP contribution in [0.25, 0.3) is 11.1 Å². The molecule has 0 saturated heterocycles. The van der Waals surface area contributed by atoms with Gasteiger partial charge < -0.3 is 4.74 Å². The molecule has 0 aromatic heterocycles. The van der Waals surface area contributed by atoms with Crippen molar-refractivity contribution in [2.24, 2.45) is 5.92 Å². The van der Waals surface area contributed by atoms with E-state index in [1.165, 1.54) is 74.5 Å². The first-order valence-corrected chi connectivity index (χ1v) is 14.2. The highest BCUT2D eigenvalue weighted by Crippen LogP contribution is 2.37. The van der Waals surface area contributed by atoms with Crippen molar-refractivity contribution in [2.45, 2.75) is 84.0 Å². The Kier molecular flexibility index (Phi) is 10.1. The van der Waals surface area contributed by atoms with E-state index in [2.05, 4.69) is 98.5 Å². The summed E-state index contributed by atoms with van der Waals surface area (Å²) in [5, 5.41) is 0. The minimum absolute atomic E-state index is 0.735. The summed E-state index contributed by atoms with van der Waals surface area (Å²) in [6.07, 6.45) is 13.2. The lowest BCUT2D eigenvalue weighted by Crippen LogP contribution is -2.13. The van der Waals surface area contributed by atoms with Gasteiger partial charge in [-0.05, 0) is 97.0 Å². The molecule has 3 aromatic rings. The lowest BCUT2D eigenvalue weighted by atomic mass is 9.77. The molecule has 0 spiro atoms. The van der Waals surface area contributed by atoms with Gasteiger partial charge in [0.1, 0.15) is 5.75 Å². The van der Waals surface area contributed by atoms with Crippen molar-refractivity contribution in [1.82, 2.24) is 0 Å². The van der Waals surface area contributed by atoms with E-state index >= 15 is 0 Å². The summed E-state index contributed by atoms with van der Waals surface area (Å²) in [7, 11) is 0.